The number of benzene rings is 1. The van der Waals surface area contributed by atoms with Gasteiger partial charge in [-0.05, 0) is 23.8 Å². The highest BCUT2D eigenvalue weighted by atomic mass is 32.2. The number of aromatic nitrogens is 4. The van der Waals surface area contributed by atoms with Crippen molar-refractivity contribution in [2.24, 2.45) is 0 Å². The van der Waals surface area contributed by atoms with Crippen LogP contribution in [0.5, 0.6) is 5.75 Å². The number of rotatable bonds is 5. The van der Waals surface area contributed by atoms with Crippen molar-refractivity contribution in [1.29, 1.82) is 0 Å². The van der Waals surface area contributed by atoms with Gasteiger partial charge in [-0.15, -0.1) is 0 Å². The van der Waals surface area contributed by atoms with Crippen LogP contribution in [0.15, 0.2) is 54.1 Å². The summed E-state index contributed by atoms with van der Waals surface area (Å²) >= 11 is 1.48. The van der Waals surface area contributed by atoms with E-state index in [9.17, 15) is 4.39 Å². The van der Waals surface area contributed by atoms with Crippen molar-refractivity contribution in [3.8, 4) is 11.6 Å². The summed E-state index contributed by atoms with van der Waals surface area (Å²) in [6, 6.07) is 6.74. The molecule has 0 N–H and O–H groups in total. The van der Waals surface area contributed by atoms with Gasteiger partial charge in [-0.2, -0.15) is 5.10 Å². The average Bonchev–Trinajstić information content (AvgIpc) is 3.07. The molecule has 2 aromatic heterocycles. The Bertz CT molecular complexity index is 764. The molecule has 0 aliphatic carbocycles. The third-order valence-corrected chi connectivity index (χ3v) is 4.00. The topological polar surface area (TPSA) is 52.8 Å². The van der Waals surface area contributed by atoms with Crippen LogP contribution in [0.3, 0.4) is 0 Å². The third kappa shape index (κ3) is 3.09. The van der Waals surface area contributed by atoms with Gasteiger partial charge in [-0.25, -0.2) is 19.0 Å². The van der Waals surface area contributed by atoms with Gasteiger partial charge < -0.3 is 4.74 Å². The highest BCUT2D eigenvalue weighted by Crippen LogP contribution is 2.26. The number of nitrogens with zero attached hydrogens (tertiary/aromatic N) is 4. The van der Waals surface area contributed by atoms with Crippen LogP contribution in [0.2, 0.25) is 0 Å². The first-order valence-electron chi connectivity index (χ1n) is 6.54. The first kappa shape index (κ1) is 14.5. The summed E-state index contributed by atoms with van der Waals surface area (Å²) in [6.45, 7) is 0. The lowest BCUT2D eigenvalue weighted by molar-refractivity contribution is 0.386. The summed E-state index contributed by atoms with van der Waals surface area (Å²) < 4.78 is 20.3. The maximum atomic E-state index is 13.7. The Morgan fingerprint density at radius 3 is 2.82 bits per heavy atom. The smallest absolute Gasteiger partial charge is 0.186 e. The number of ether oxygens (including phenoxy) is 1. The lowest BCUT2D eigenvalue weighted by atomic mass is 10.2. The molecule has 7 heteroatoms. The fourth-order valence-electron chi connectivity index (χ4n) is 1.92. The quantitative estimate of drug-likeness (QED) is 0.677. The molecule has 0 spiro atoms. The van der Waals surface area contributed by atoms with E-state index in [0.717, 1.165) is 10.6 Å². The molecule has 22 heavy (non-hydrogen) atoms. The minimum absolute atomic E-state index is 0.241. The molecule has 0 aliphatic heterocycles. The zero-order valence-electron chi connectivity index (χ0n) is 11.8. The van der Waals surface area contributed by atoms with E-state index in [4.69, 9.17) is 4.74 Å². The summed E-state index contributed by atoms with van der Waals surface area (Å²) in [5.41, 5.74) is 0.848. The van der Waals surface area contributed by atoms with Gasteiger partial charge in [0.25, 0.3) is 0 Å². The molecule has 112 valence electrons. The first-order chi connectivity index (χ1) is 10.8. The highest BCUT2D eigenvalue weighted by molar-refractivity contribution is 7.98. The van der Waals surface area contributed by atoms with E-state index in [2.05, 4.69) is 15.1 Å². The normalized spacial score (nSPS) is 10.6. The molecular weight excluding hydrogens is 303 g/mol. The molecule has 3 rings (SSSR count). The second-order valence-corrected chi connectivity index (χ2v) is 5.36. The van der Waals surface area contributed by atoms with E-state index in [0.29, 0.717) is 11.6 Å². The molecule has 5 nitrogen and oxygen atoms in total. The van der Waals surface area contributed by atoms with Gasteiger partial charge in [0.15, 0.2) is 17.4 Å². The van der Waals surface area contributed by atoms with Gasteiger partial charge in [-0.1, -0.05) is 17.8 Å². The van der Waals surface area contributed by atoms with Crippen LogP contribution in [0.4, 0.5) is 4.39 Å². The van der Waals surface area contributed by atoms with Gasteiger partial charge in [0.2, 0.25) is 0 Å². The molecule has 0 unspecified atom stereocenters. The first-order valence-corrected chi connectivity index (χ1v) is 7.52. The summed E-state index contributed by atoms with van der Waals surface area (Å²) in [5, 5.41) is 4.90. The van der Waals surface area contributed by atoms with Crippen molar-refractivity contribution < 1.29 is 9.13 Å². The fraction of sp³-hybridized carbons (Fsp3) is 0.133. The van der Waals surface area contributed by atoms with Crippen LogP contribution < -0.4 is 4.74 Å². The van der Waals surface area contributed by atoms with E-state index in [1.807, 2.05) is 12.1 Å². The minimum Gasteiger partial charge on any atom is -0.494 e. The Morgan fingerprint density at radius 2 is 2.09 bits per heavy atom. The van der Waals surface area contributed by atoms with Crippen molar-refractivity contribution in [2.45, 2.75) is 10.8 Å². The zero-order chi connectivity index (χ0) is 15.4. The molecule has 2 heterocycles. The second kappa shape index (κ2) is 6.57. The maximum absolute atomic E-state index is 13.7. The second-order valence-electron chi connectivity index (χ2n) is 4.39. The molecule has 0 bridgehead atoms. The summed E-state index contributed by atoms with van der Waals surface area (Å²) in [6.07, 6.45) is 6.74. The SMILES string of the molecule is COc1ccc(CSc2nccnc2-n2cccn2)cc1F. The van der Waals surface area contributed by atoms with E-state index in [-0.39, 0.29) is 11.6 Å². The monoisotopic (exact) mass is 316 g/mol. The molecular formula is C15H13FN4OS. The fourth-order valence-corrected chi connectivity index (χ4v) is 2.82. The molecule has 0 radical (unpaired) electrons. The Morgan fingerprint density at radius 1 is 1.23 bits per heavy atom. The van der Waals surface area contributed by atoms with Crippen molar-refractivity contribution in [2.75, 3.05) is 7.11 Å². The Hall–Kier alpha value is -2.41. The largest absolute Gasteiger partial charge is 0.494 e. The van der Waals surface area contributed by atoms with E-state index < -0.39 is 0 Å². The van der Waals surface area contributed by atoms with Gasteiger partial charge in [0.1, 0.15) is 5.03 Å². The number of hydrogen-bond acceptors (Lipinski definition) is 5. The number of thioether (sulfide) groups is 1. The predicted molar refractivity (Wildman–Crippen MR) is 81.7 cm³/mol. The Balaban J connectivity index is 1.79. The minimum atomic E-state index is -0.368. The molecule has 1 aromatic carbocycles. The lowest BCUT2D eigenvalue weighted by Crippen LogP contribution is -2.01. The zero-order valence-corrected chi connectivity index (χ0v) is 12.6. The van der Waals surface area contributed by atoms with Gasteiger partial charge in [0, 0.05) is 30.5 Å². The highest BCUT2D eigenvalue weighted by Gasteiger charge is 2.10. The van der Waals surface area contributed by atoms with Crippen molar-refractivity contribution >= 4 is 11.8 Å². The molecule has 3 aromatic rings. The summed E-state index contributed by atoms with van der Waals surface area (Å²) in [7, 11) is 1.45. The van der Waals surface area contributed by atoms with Crippen LogP contribution in [-0.2, 0) is 5.75 Å². The van der Waals surface area contributed by atoms with Crippen LogP contribution >= 0.6 is 11.8 Å². The molecule has 0 saturated heterocycles. The van der Waals surface area contributed by atoms with Crippen molar-refractivity contribution in [3.63, 3.8) is 0 Å². The van der Waals surface area contributed by atoms with Crippen LogP contribution in [0, 0.1) is 5.82 Å². The van der Waals surface area contributed by atoms with Gasteiger partial charge >= 0.3 is 0 Å². The Kier molecular flexibility index (Phi) is 4.34. The number of hydrogen-bond donors (Lipinski definition) is 0. The standard InChI is InChI=1S/C15H13FN4OS/c1-21-13-4-3-11(9-12(13)16)10-22-15-14(17-6-7-18-15)20-8-2-5-19-20/h2-9H,10H2,1H3. The molecule has 0 aliphatic rings. The van der Waals surface area contributed by atoms with Crippen LogP contribution in [-0.4, -0.2) is 26.9 Å². The molecule has 0 amide bonds. The predicted octanol–water partition coefficient (Wildman–Crippen LogP) is 3.10. The molecule has 0 fully saturated rings. The lowest BCUT2D eigenvalue weighted by Gasteiger charge is -2.08. The maximum Gasteiger partial charge on any atom is 0.186 e. The van der Waals surface area contributed by atoms with Gasteiger partial charge in [0.05, 0.1) is 7.11 Å². The summed E-state index contributed by atoms with van der Waals surface area (Å²) in [4.78, 5) is 8.63. The number of methoxy groups -OCH3 is 1. The van der Waals surface area contributed by atoms with Crippen LogP contribution in [0.1, 0.15) is 5.56 Å². The molecule has 0 atom stereocenters. The Labute approximate surface area is 131 Å². The average molecular weight is 316 g/mol. The van der Waals surface area contributed by atoms with E-state index >= 15 is 0 Å². The van der Waals surface area contributed by atoms with Crippen molar-refractivity contribution in [1.82, 2.24) is 19.7 Å². The number of halogens is 1. The van der Waals surface area contributed by atoms with E-state index in [1.165, 1.54) is 24.9 Å². The van der Waals surface area contributed by atoms with E-state index in [1.54, 1.807) is 35.5 Å². The summed E-state index contributed by atoms with van der Waals surface area (Å²) in [5.74, 6) is 1.11. The van der Waals surface area contributed by atoms with Crippen molar-refractivity contribution in [3.05, 3.63) is 60.4 Å². The third-order valence-electron chi connectivity index (χ3n) is 2.96. The van der Waals surface area contributed by atoms with Crippen LogP contribution in [0.25, 0.3) is 5.82 Å². The van der Waals surface area contributed by atoms with Gasteiger partial charge in [-0.3, -0.25) is 0 Å². The molecule has 0 saturated carbocycles.